The van der Waals surface area contributed by atoms with Crippen molar-refractivity contribution in [3.8, 4) is 0 Å². The molecule has 20 heteroatoms. The molecule has 0 saturated carbocycles. The van der Waals surface area contributed by atoms with Crippen LogP contribution < -0.4 is 26.4 Å². The van der Waals surface area contributed by atoms with Crippen molar-refractivity contribution >= 4 is 55.1 Å². The van der Waals surface area contributed by atoms with Gasteiger partial charge < -0.3 is 0 Å². The van der Waals surface area contributed by atoms with Crippen molar-refractivity contribution in [2.75, 3.05) is 0 Å². The molecule has 0 saturated heterocycles. The van der Waals surface area contributed by atoms with Gasteiger partial charge in [-0.2, -0.15) is 0 Å². The van der Waals surface area contributed by atoms with E-state index >= 15 is 0 Å². The fourth-order valence-corrected chi connectivity index (χ4v) is 16.4. The van der Waals surface area contributed by atoms with Gasteiger partial charge >= 0.3 is 350 Å². The van der Waals surface area contributed by atoms with Crippen LogP contribution in [0.4, 0.5) is 79.0 Å². The molecule has 0 N–H and O–H groups in total. The molecule has 0 spiro atoms. The zero-order valence-electron chi connectivity index (χ0n) is 30.7. The van der Waals surface area contributed by atoms with Crippen LogP contribution in [0.25, 0.3) is 0 Å². The average molecular weight is 1020 g/mol. The molecule has 0 fully saturated rings. The van der Waals surface area contributed by atoms with Crippen molar-refractivity contribution in [1.82, 2.24) is 0 Å². The van der Waals surface area contributed by atoms with Crippen molar-refractivity contribution in [2.24, 2.45) is 0 Å². The molecular weight excluding hydrogens is 992 g/mol. The summed E-state index contributed by atoms with van der Waals surface area (Å²) in [7, 11) is 0. The van der Waals surface area contributed by atoms with E-state index in [4.69, 9.17) is 0 Å². The van der Waals surface area contributed by atoms with Gasteiger partial charge in [-0.3, -0.25) is 0 Å². The summed E-state index contributed by atoms with van der Waals surface area (Å²) in [5, 5.41) is 0. The summed E-state index contributed by atoms with van der Waals surface area (Å²) in [5.41, 5.74) is -5.37. The average Bonchev–Trinajstić information content (AvgIpc) is 3.18. The van der Waals surface area contributed by atoms with Crippen molar-refractivity contribution in [3.05, 3.63) is 179 Å². The van der Waals surface area contributed by atoms with Gasteiger partial charge in [0.15, 0.2) is 0 Å². The molecule has 0 bridgehead atoms. The maximum atomic E-state index is 12.9. The van der Waals surface area contributed by atoms with Gasteiger partial charge in [0, 0.05) is 0 Å². The molecule has 0 aromatic heterocycles. The summed E-state index contributed by atoms with van der Waals surface area (Å²) >= 11 is -5.98. The van der Waals surface area contributed by atoms with Crippen LogP contribution in [0.5, 0.6) is 0 Å². The van der Waals surface area contributed by atoms with E-state index in [2.05, 4.69) is 0 Å². The van der Waals surface area contributed by atoms with Crippen LogP contribution in [-0.4, -0.2) is 28.7 Å². The molecule has 0 aliphatic carbocycles. The Morgan fingerprint density at radius 3 is 0.355 bits per heavy atom. The van der Waals surface area contributed by atoms with Crippen LogP contribution in [-0.2, 0) is 37.1 Å². The summed E-state index contributed by atoms with van der Waals surface area (Å²) in [5.74, 6) is 0. The second kappa shape index (κ2) is 18.1. The predicted octanol–water partition coefficient (Wildman–Crippen LogP) is 10.5. The third-order valence-electron chi connectivity index (χ3n) is 9.01. The van der Waals surface area contributed by atoms with Gasteiger partial charge in [-0.05, 0) is 0 Å². The number of rotatable bonds is 6. The van der Waals surface area contributed by atoms with E-state index in [0.717, 1.165) is 72.8 Å². The maximum absolute atomic E-state index is 12.9. The van der Waals surface area contributed by atoms with Gasteiger partial charge in [-0.15, -0.1) is 0 Å². The topological polar surface area (TPSA) is 0 Å². The number of alkyl halides is 18. The second-order valence-corrected chi connectivity index (χ2v) is 23.6. The molecule has 326 valence electrons. The van der Waals surface area contributed by atoms with E-state index in [1.54, 1.807) is 0 Å². The zero-order valence-corrected chi connectivity index (χ0v) is 34.9. The Kier molecular flexibility index (Phi) is 14.1. The summed E-state index contributed by atoms with van der Waals surface area (Å²) in [4.78, 5) is 0. The Labute approximate surface area is 349 Å². The van der Waals surface area contributed by atoms with Crippen molar-refractivity contribution in [1.29, 1.82) is 0 Å². The van der Waals surface area contributed by atoms with Crippen LogP contribution in [0, 0.1) is 0 Å². The molecule has 0 aliphatic rings. The molecule has 0 heterocycles. The third-order valence-corrected chi connectivity index (χ3v) is 20.5. The molecule has 0 aliphatic heterocycles. The fraction of sp³-hybridized carbons (Fsp3) is 0.143. The first-order valence-corrected chi connectivity index (χ1v) is 23.6. The summed E-state index contributed by atoms with van der Waals surface area (Å²) in [6, 6.07) is 25.0. The van der Waals surface area contributed by atoms with Crippen LogP contribution in [0.15, 0.2) is 146 Å². The van der Waals surface area contributed by atoms with E-state index in [1.807, 2.05) is 0 Å². The Morgan fingerprint density at radius 2 is 0.274 bits per heavy atom. The fourth-order valence-electron chi connectivity index (χ4n) is 5.96. The van der Waals surface area contributed by atoms with Crippen LogP contribution in [0.3, 0.4) is 0 Å². The van der Waals surface area contributed by atoms with E-state index in [1.165, 1.54) is 72.8 Å². The summed E-state index contributed by atoms with van der Waals surface area (Å²) < 4.78 is 235. The number of halogens is 18. The summed E-state index contributed by atoms with van der Waals surface area (Å²) in [6.07, 6.45) is -27.4. The molecule has 0 unspecified atom stereocenters. The molecule has 62 heavy (non-hydrogen) atoms. The predicted molar refractivity (Wildman–Crippen MR) is 198 cm³/mol. The van der Waals surface area contributed by atoms with E-state index in [9.17, 15) is 79.0 Å². The molecule has 2 radical (unpaired) electrons. The Balaban J connectivity index is 0.000000234. The van der Waals surface area contributed by atoms with Crippen molar-refractivity contribution in [3.63, 3.8) is 0 Å². The van der Waals surface area contributed by atoms with Gasteiger partial charge in [-0.1, -0.05) is 0 Å². The zero-order chi connectivity index (χ0) is 46.1. The monoisotopic (exact) mass is 1020 g/mol. The van der Waals surface area contributed by atoms with Crippen molar-refractivity contribution < 1.29 is 79.0 Å². The molecular formula is C42H24F18Ge2. The molecule has 0 amide bonds. The second-order valence-electron chi connectivity index (χ2n) is 13.2. The Morgan fingerprint density at radius 1 is 0.177 bits per heavy atom. The van der Waals surface area contributed by atoms with Crippen LogP contribution in [0.1, 0.15) is 33.4 Å². The van der Waals surface area contributed by atoms with E-state index in [-0.39, 0.29) is 0 Å². The first-order chi connectivity index (χ1) is 28.5. The number of hydrogen-bond donors (Lipinski definition) is 0. The van der Waals surface area contributed by atoms with E-state index < -0.39 is 99.1 Å². The summed E-state index contributed by atoms with van der Waals surface area (Å²) in [6.45, 7) is 0. The quantitative estimate of drug-likeness (QED) is 0.115. The molecule has 6 rings (SSSR count). The minimum atomic E-state index is -4.57. The Hall–Kier alpha value is -4.85. The minimum absolute atomic E-state index is 0.451. The number of benzene rings is 6. The van der Waals surface area contributed by atoms with Crippen LogP contribution in [0.2, 0.25) is 0 Å². The SMILES string of the molecule is FC(F)(F)c1cc[c]([Ge]([c]2ccc(C(F)(F)F)cc2)[c]2ccc(C(F)(F)F)cc2)cc1.FC(F)(F)c1cc[c]([Ge]([c]2ccc(C(F)(F)F)cc2)[c]2ccc(C(F)(F)F)cc2)cc1. The van der Waals surface area contributed by atoms with Gasteiger partial charge in [0.05, 0.1) is 0 Å². The standard InChI is InChI=1S/2C21H12F9Ge/c2*22-19(23,24)13-1-7-16(8-2-13)31(17-9-3-14(4-10-17)20(25,26)27)18-11-5-15(6-12-18)21(28,29)30/h2*1-12H. The Bertz CT molecular complexity index is 1930. The van der Waals surface area contributed by atoms with Gasteiger partial charge in [-0.25, -0.2) is 0 Å². The van der Waals surface area contributed by atoms with Gasteiger partial charge in [0.25, 0.3) is 0 Å². The molecule has 6 aromatic rings. The molecule has 0 atom stereocenters. The van der Waals surface area contributed by atoms with Crippen molar-refractivity contribution in [2.45, 2.75) is 37.1 Å². The van der Waals surface area contributed by atoms with Gasteiger partial charge in [0.1, 0.15) is 0 Å². The first-order valence-electron chi connectivity index (χ1n) is 17.3. The molecule has 6 aromatic carbocycles. The molecule has 0 nitrogen and oxygen atoms in total. The first kappa shape index (κ1) is 48.2. The number of hydrogen-bond acceptors (Lipinski definition) is 0. The van der Waals surface area contributed by atoms with E-state index in [0.29, 0.717) is 26.4 Å². The van der Waals surface area contributed by atoms with Gasteiger partial charge in [0.2, 0.25) is 0 Å². The van der Waals surface area contributed by atoms with Crippen LogP contribution >= 0.6 is 0 Å². The normalized spacial score (nSPS) is 13.0. The third kappa shape index (κ3) is 12.2.